The summed E-state index contributed by atoms with van der Waals surface area (Å²) in [6, 6.07) is 8.79. The first kappa shape index (κ1) is 20.7. The molecular formula is C21H36N4O. The van der Waals surface area contributed by atoms with Crippen LogP contribution in [0.4, 0.5) is 0 Å². The molecule has 0 atom stereocenters. The minimum absolute atomic E-state index is 0.409. The number of piperidine rings is 1. The molecule has 2 rings (SSSR count). The number of ether oxygens (including phenoxy) is 1. The van der Waals surface area contributed by atoms with E-state index in [9.17, 15) is 0 Å². The van der Waals surface area contributed by atoms with Crippen LogP contribution in [-0.2, 0) is 17.8 Å². The monoisotopic (exact) mass is 360 g/mol. The normalized spacial score (nSPS) is 16.3. The second kappa shape index (κ2) is 11.2. The van der Waals surface area contributed by atoms with Crippen LogP contribution in [0.15, 0.2) is 29.3 Å². The van der Waals surface area contributed by atoms with Gasteiger partial charge in [-0.25, -0.2) is 4.99 Å². The minimum Gasteiger partial charge on any atom is -0.378 e. The van der Waals surface area contributed by atoms with E-state index in [4.69, 9.17) is 9.73 Å². The number of nitrogens with one attached hydrogen (secondary N) is 1. The van der Waals surface area contributed by atoms with E-state index in [2.05, 4.69) is 67.2 Å². The fraction of sp³-hybridized carbons (Fsp3) is 0.667. The zero-order valence-corrected chi connectivity index (χ0v) is 17.0. The lowest BCUT2D eigenvalue weighted by molar-refractivity contribution is 0.0263. The number of hydrogen-bond donors (Lipinski definition) is 1. The van der Waals surface area contributed by atoms with Gasteiger partial charge in [0, 0.05) is 32.8 Å². The van der Waals surface area contributed by atoms with Gasteiger partial charge in [0.05, 0.1) is 12.6 Å². The highest BCUT2D eigenvalue weighted by Crippen LogP contribution is 2.14. The van der Waals surface area contributed by atoms with Gasteiger partial charge in [-0.15, -0.1) is 0 Å². The number of likely N-dealkylation sites (tertiary alicyclic amines) is 1. The van der Waals surface area contributed by atoms with Crippen molar-refractivity contribution in [1.29, 1.82) is 0 Å². The van der Waals surface area contributed by atoms with E-state index in [1.54, 1.807) is 0 Å². The van der Waals surface area contributed by atoms with Crippen LogP contribution in [0.3, 0.4) is 0 Å². The van der Waals surface area contributed by atoms with Crippen molar-refractivity contribution in [3.8, 4) is 0 Å². The molecule has 1 heterocycles. The number of aliphatic imine (C=N–C) groups is 1. The fourth-order valence-corrected chi connectivity index (χ4v) is 3.31. The largest absolute Gasteiger partial charge is 0.378 e. The number of hydrogen-bond acceptors (Lipinski definition) is 3. The van der Waals surface area contributed by atoms with Crippen LogP contribution in [0.25, 0.3) is 0 Å². The summed E-state index contributed by atoms with van der Waals surface area (Å²) in [5, 5.41) is 3.45. The Morgan fingerprint density at radius 3 is 2.62 bits per heavy atom. The third-order valence-corrected chi connectivity index (χ3v) is 4.87. The van der Waals surface area contributed by atoms with Gasteiger partial charge in [0.2, 0.25) is 0 Å². The Morgan fingerprint density at radius 1 is 1.23 bits per heavy atom. The van der Waals surface area contributed by atoms with Crippen molar-refractivity contribution in [2.24, 2.45) is 4.99 Å². The van der Waals surface area contributed by atoms with E-state index in [0.717, 1.165) is 64.7 Å². The smallest absolute Gasteiger partial charge is 0.194 e. The number of benzene rings is 1. The molecule has 1 aliphatic rings. The maximum Gasteiger partial charge on any atom is 0.194 e. The number of nitrogens with zero attached hydrogens (tertiary/aromatic N) is 3. The fourth-order valence-electron chi connectivity index (χ4n) is 3.31. The average Bonchev–Trinajstić information content (AvgIpc) is 2.66. The van der Waals surface area contributed by atoms with Crippen LogP contribution in [0.5, 0.6) is 0 Å². The van der Waals surface area contributed by atoms with Crippen LogP contribution < -0.4 is 5.32 Å². The summed E-state index contributed by atoms with van der Waals surface area (Å²) in [6.07, 6.45) is 2.57. The first-order valence-corrected chi connectivity index (χ1v) is 10.1. The van der Waals surface area contributed by atoms with E-state index in [1.807, 2.05) is 0 Å². The van der Waals surface area contributed by atoms with Crippen LogP contribution >= 0.6 is 0 Å². The molecule has 1 aromatic rings. The molecule has 1 N–H and O–H groups in total. The Morgan fingerprint density at radius 2 is 1.96 bits per heavy atom. The van der Waals surface area contributed by atoms with Crippen LogP contribution in [-0.4, -0.2) is 61.7 Å². The minimum atomic E-state index is 0.409. The van der Waals surface area contributed by atoms with Crippen molar-refractivity contribution >= 4 is 5.96 Å². The van der Waals surface area contributed by atoms with Crippen molar-refractivity contribution in [2.75, 3.05) is 39.8 Å². The molecule has 5 heteroatoms. The van der Waals surface area contributed by atoms with Crippen LogP contribution in [0.2, 0.25) is 0 Å². The predicted octanol–water partition coefficient (Wildman–Crippen LogP) is 3.10. The lowest BCUT2D eigenvalue weighted by Crippen LogP contribution is -2.47. The third-order valence-electron chi connectivity index (χ3n) is 4.87. The summed E-state index contributed by atoms with van der Waals surface area (Å²) in [5.41, 5.74) is 2.62. The molecule has 1 fully saturated rings. The lowest BCUT2D eigenvalue weighted by atomic mass is 10.1. The van der Waals surface area contributed by atoms with E-state index in [-0.39, 0.29) is 0 Å². The molecule has 1 aromatic carbocycles. The molecule has 0 radical (unpaired) electrons. The molecule has 0 unspecified atom stereocenters. The molecule has 1 aliphatic heterocycles. The average molecular weight is 361 g/mol. The van der Waals surface area contributed by atoms with Crippen LogP contribution in [0, 0.1) is 0 Å². The topological polar surface area (TPSA) is 40.1 Å². The standard InChI is InChI=1S/C21H36N4O/c1-5-22-21(25-13-11-20(12-14-25)26-7-3)23-16-18-9-8-10-19(15-18)17-24(4)6-2/h8-10,15,20H,5-7,11-14,16-17H2,1-4H3,(H,22,23). The van der Waals surface area contributed by atoms with Gasteiger partial charge in [-0.3, -0.25) is 0 Å². The van der Waals surface area contributed by atoms with Crippen molar-refractivity contribution < 1.29 is 4.74 Å². The summed E-state index contributed by atoms with van der Waals surface area (Å²) in [7, 11) is 2.15. The first-order chi connectivity index (χ1) is 12.7. The molecule has 0 bridgehead atoms. The van der Waals surface area contributed by atoms with Gasteiger partial charge < -0.3 is 19.9 Å². The highest BCUT2D eigenvalue weighted by atomic mass is 16.5. The molecule has 5 nitrogen and oxygen atoms in total. The van der Waals surface area contributed by atoms with Gasteiger partial charge in [-0.2, -0.15) is 0 Å². The zero-order valence-electron chi connectivity index (χ0n) is 17.0. The van der Waals surface area contributed by atoms with Gasteiger partial charge in [-0.1, -0.05) is 31.2 Å². The van der Waals surface area contributed by atoms with Crippen molar-refractivity contribution in [1.82, 2.24) is 15.1 Å². The quantitative estimate of drug-likeness (QED) is 0.571. The van der Waals surface area contributed by atoms with Gasteiger partial charge in [-0.05, 0) is 51.4 Å². The molecule has 146 valence electrons. The van der Waals surface area contributed by atoms with Gasteiger partial charge in [0.25, 0.3) is 0 Å². The molecule has 0 aromatic heterocycles. The Labute approximate surface area is 159 Å². The van der Waals surface area contributed by atoms with Crippen LogP contribution in [0.1, 0.15) is 44.7 Å². The molecule has 1 saturated heterocycles. The van der Waals surface area contributed by atoms with Crippen molar-refractivity contribution in [2.45, 2.75) is 52.8 Å². The Balaban J connectivity index is 1.97. The second-order valence-electron chi connectivity index (χ2n) is 6.96. The van der Waals surface area contributed by atoms with E-state index >= 15 is 0 Å². The summed E-state index contributed by atoms with van der Waals surface area (Å²) >= 11 is 0. The Bertz CT molecular complexity index is 553. The summed E-state index contributed by atoms with van der Waals surface area (Å²) in [5.74, 6) is 1.03. The third kappa shape index (κ3) is 6.61. The van der Waals surface area contributed by atoms with E-state index < -0.39 is 0 Å². The highest BCUT2D eigenvalue weighted by Gasteiger charge is 2.21. The highest BCUT2D eigenvalue weighted by molar-refractivity contribution is 5.80. The molecule has 0 spiro atoms. The van der Waals surface area contributed by atoms with Crippen molar-refractivity contribution in [3.63, 3.8) is 0 Å². The lowest BCUT2D eigenvalue weighted by Gasteiger charge is -2.34. The second-order valence-corrected chi connectivity index (χ2v) is 6.96. The van der Waals surface area contributed by atoms with Gasteiger partial charge in [0.15, 0.2) is 5.96 Å². The van der Waals surface area contributed by atoms with Gasteiger partial charge >= 0.3 is 0 Å². The summed E-state index contributed by atoms with van der Waals surface area (Å²) in [4.78, 5) is 9.58. The molecule has 0 amide bonds. The zero-order chi connectivity index (χ0) is 18.8. The van der Waals surface area contributed by atoms with E-state index in [0.29, 0.717) is 6.10 Å². The number of guanidine groups is 1. The molecule has 26 heavy (non-hydrogen) atoms. The first-order valence-electron chi connectivity index (χ1n) is 10.1. The predicted molar refractivity (Wildman–Crippen MR) is 109 cm³/mol. The SMILES string of the molecule is CCNC(=NCc1cccc(CN(C)CC)c1)N1CCC(OCC)CC1. The molecule has 0 saturated carbocycles. The summed E-state index contributed by atoms with van der Waals surface area (Å²) in [6.45, 7) is 12.9. The maximum absolute atomic E-state index is 5.76. The summed E-state index contributed by atoms with van der Waals surface area (Å²) < 4.78 is 5.76. The molecule has 0 aliphatic carbocycles. The Hall–Kier alpha value is -1.59. The maximum atomic E-state index is 5.76. The molecular weight excluding hydrogens is 324 g/mol. The Kier molecular flexibility index (Phi) is 8.92. The number of rotatable bonds is 8. The van der Waals surface area contributed by atoms with E-state index in [1.165, 1.54) is 11.1 Å². The van der Waals surface area contributed by atoms with Crippen molar-refractivity contribution in [3.05, 3.63) is 35.4 Å². The van der Waals surface area contributed by atoms with Gasteiger partial charge in [0.1, 0.15) is 0 Å².